The van der Waals surface area contributed by atoms with Crippen molar-refractivity contribution in [3.05, 3.63) is 71.3 Å². The molecule has 0 aliphatic rings. The summed E-state index contributed by atoms with van der Waals surface area (Å²) in [6.45, 7) is 4.81. The van der Waals surface area contributed by atoms with Gasteiger partial charge in [0.05, 0.1) is 0 Å². The van der Waals surface area contributed by atoms with Gasteiger partial charge in [-0.15, -0.1) is 0 Å². The normalized spacial score (nSPS) is 13.3. The summed E-state index contributed by atoms with van der Waals surface area (Å²) in [4.78, 5) is 0. The molecule has 2 aromatic carbocycles. The first-order valence-electron chi connectivity index (χ1n) is 6.58. The van der Waals surface area contributed by atoms with Crippen LogP contribution in [0.4, 0.5) is 0 Å². The molecule has 0 fully saturated rings. The molecule has 1 unspecified atom stereocenters. The summed E-state index contributed by atoms with van der Waals surface area (Å²) >= 11 is 0. The van der Waals surface area contributed by atoms with Gasteiger partial charge in [-0.1, -0.05) is 68.4 Å². The zero-order chi connectivity index (χ0) is 13.9. The molecule has 0 radical (unpaired) electrons. The van der Waals surface area contributed by atoms with Crippen molar-refractivity contribution in [2.75, 3.05) is 6.54 Å². The van der Waals surface area contributed by atoms with Gasteiger partial charge >= 0.3 is 0 Å². The predicted molar refractivity (Wildman–Crippen MR) is 79.0 cm³/mol. The first-order valence-corrected chi connectivity index (χ1v) is 6.58. The Morgan fingerprint density at radius 1 is 1.00 bits per heavy atom. The van der Waals surface area contributed by atoms with Crippen LogP contribution in [0.25, 0.3) is 0 Å². The summed E-state index contributed by atoms with van der Waals surface area (Å²) in [6, 6.07) is 17.7. The molecule has 19 heavy (non-hydrogen) atoms. The topological polar surface area (TPSA) is 46.2 Å². The molecule has 0 saturated carbocycles. The van der Waals surface area contributed by atoms with E-state index in [0.29, 0.717) is 6.54 Å². The SMILES string of the molecule is CC(C)(CN)c1cccc(C(O)c2ccccc2)c1. The number of benzene rings is 2. The fourth-order valence-corrected chi connectivity index (χ4v) is 2.08. The minimum Gasteiger partial charge on any atom is -0.384 e. The average molecular weight is 255 g/mol. The maximum Gasteiger partial charge on any atom is 0.104 e. The highest BCUT2D eigenvalue weighted by Gasteiger charge is 2.20. The van der Waals surface area contributed by atoms with Crippen molar-refractivity contribution in [2.24, 2.45) is 5.73 Å². The zero-order valence-electron chi connectivity index (χ0n) is 11.5. The summed E-state index contributed by atoms with van der Waals surface area (Å²) < 4.78 is 0. The number of rotatable bonds is 4. The van der Waals surface area contributed by atoms with Crippen LogP contribution in [0, 0.1) is 0 Å². The summed E-state index contributed by atoms with van der Waals surface area (Å²) in [7, 11) is 0. The quantitative estimate of drug-likeness (QED) is 0.882. The van der Waals surface area contributed by atoms with E-state index in [1.807, 2.05) is 48.5 Å². The van der Waals surface area contributed by atoms with Crippen molar-refractivity contribution in [1.82, 2.24) is 0 Å². The van der Waals surface area contributed by atoms with Crippen LogP contribution in [0.15, 0.2) is 54.6 Å². The highest BCUT2D eigenvalue weighted by atomic mass is 16.3. The molecule has 0 aliphatic heterocycles. The molecule has 2 rings (SSSR count). The third-order valence-electron chi connectivity index (χ3n) is 3.61. The van der Waals surface area contributed by atoms with E-state index in [1.54, 1.807) is 0 Å². The maximum absolute atomic E-state index is 10.4. The van der Waals surface area contributed by atoms with Gasteiger partial charge in [0.2, 0.25) is 0 Å². The minimum absolute atomic E-state index is 0.0770. The maximum atomic E-state index is 10.4. The van der Waals surface area contributed by atoms with Crippen LogP contribution in [0.5, 0.6) is 0 Å². The molecule has 100 valence electrons. The van der Waals surface area contributed by atoms with E-state index in [4.69, 9.17) is 5.73 Å². The van der Waals surface area contributed by atoms with E-state index in [0.717, 1.165) is 16.7 Å². The van der Waals surface area contributed by atoms with Crippen molar-refractivity contribution in [1.29, 1.82) is 0 Å². The number of hydrogen-bond acceptors (Lipinski definition) is 2. The third-order valence-corrected chi connectivity index (χ3v) is 3.61. The average Bonchev–Trinajstić information content (AvgIpc) is 2.47. The number of nitrogens with two attached hydrogens (primary N) is 1. The molecule has 2 heteroatoms. The summed E-state index contributed by atoms with van der Waals surface area (Å²) in [5, 5.41) is 10.4. The van der Waals surface area contributed by atoms with Gasteiger partial charge in [-0.3, -0.25) is 0 Å². The first-order chi connectivity index (χ1) is 9.04. The highest BCUT2D eigenvalue weighted by molar-refractivity contribution is 5.35. The van der Waals surface area contributed by atoms with Crippen LogP contribution >= 0.6 is 0 Å². The molecular weight excluding hydrogens is 234 g/mol. The van der Waals surface area contributed by atoms with E-state index >= 15 is 0 Å². The Kier molecular flexibility index (Phi) is 4.03. The van der Waals surface area contributed by atoms with Crippen LogP contribution in [0.3, 0.4) is 0 Å². The van der Waals surface area contributed by atoms with Gasteiger partial charge in [0, 0.05) is 12.0 Å². The van der Waals surface area contributed by atoms with Gasteiger partial charge in [-0.2, -0.15) is 0 Å². The Morgan fingerprint density at radius 2 is 1.63 bits per heavy atom. The van der Waals surface area contributed by atoms with E-state index in [9.17, 15) is 5.11 Å². The number of aliphatic hydroxyl groups excluding tert-OH is 1. The summed E-state index contributed by atoms with van der Waals surface area (Å²) in [5.41, 5.74) is 8.71. The predicted octanol–water partition coefficient (Wildman–Crippen LogP) is 3.00. The minimum atomic E-state index is -0.588. The van der Waals surface area contributed by atoms with Gasteiger partial charge < -0.3 is 10.8 Å². The van der Waals surface area contributed by atoms with Crippen molar-refractivity contribution in [3.63, 3.8) is 0 Å². The fourth-order valence-electron chi connectivity index (χ4n) is 2.08. The number of aliphatic hydroxyl groups is 1. The second kappa shape index (κ2) is 5.55. The highest BCUT2D eigenvalue weighted by Crippen LogP contribution is 2.27. The van der Waals surface area contributed by atoms with E-state index < -0.39 is 6.10 Å². The summed E-state index contributed by atoms with van der Waals surface area (Å²) in [6.07, 6.45) is -0.588. The van der Waals surface area contributed by atoms with Gasteiger partial charge in [-0.05, 0) is 16.7 Å². The number of hydrogen-bond donors (Lipinski definition) is 2. The Hall–Kier alpha value is -1.64. The fraction of sp³-hybridized carbons (Fsp3) is 0.294. The Morgan fingerprint density at radius 3 is 2.26 bits per heavy atom. The van der Waals surface area contributed by atoms with Crippen molar-refractivity contribution >= 4 is 0 Å². The van der Waals surface area contributed by atoms with Crippen molar-refractivity contribution < 1.29 is 5.11 Å². The lowest BCUT2D eigenvalue weighted by Gasteiger charge is -2.24. The van der Waals surface area contributed by atoms with Crippen molar-refractivity contribution in [3.8, 4) is 0 Å². The van der Waals surface area contributed by atoms with Gasteiger partial charge in [0.25, 0.3) is 0 Å². The van der Waals surface area contributed by atoms with Gasteiger partial charge in [-0.25, -0.2) is 0 Å². The third kappa shape index (κ3) is 3.03. The molecule has 0 heterocycles. The van der Waals surface area contributed by atoms with Crippen molar-refractivity contribution in [2.45, 2.75) is 25.4 Å². The second-order valence-corrected chi connectivity index (χ2v) is 5.53. The largest absolute Gasteiger partial charge is 0.384 e. The van der Waals surface area contributed by atoms with Crippen LogP contribution in [-0.2, 0) is 5.41 Å². The monoisotopic (exact) mass is 255 g/mol. The zero-order valence-corrected chi connectivity index (χ0v) is 11.5. The molecule has 2 aromatic rings. The smallest absolute Gasteiger partial charge is 0.104 e. The van der Waals surface area contributed by atoms with Gasteiger partial charge in [0.15, 0.2) is 0 Å². The van der Waals surface area contributed by atoms with Crippen LogP contribution in [-0.4, -0.2) is 11.7 Å². The molecule has 1 atom stereocenters. The molecule has 0 spiro atoms. The van der Waals surface area contributed by atoms with Crippen LogP contribution in [0.1, 0.15) is 36.6 Å². The molecule has 0 bridgehead atoms. The molecule has 0 amide bonds. The molecule has 2 nitrogen and oxygen atoms in total. The lowest BCUT2D eigenvalue weighted by molar-refractivity contribution is 0.220. The Labute approximate surface area is 114 Å². The molecule has 0 aliphatic carbocycles. The van der Waals surface area contributed by atoms with E-state index in [2.05, 4.69) is 19.9 Å². The molecule has 0 saturated heterocycles. The Bertz CT molecular complexity index is 534. The molecule has 0 aromatic heterocycles. The lowest BCUT2D eigenvalue weighted by atomic mass is 9.83. The van der Waals surface area contributed by atoms with Gasteiger partial charge in [0.1, 0.15) is 6.10 Å². The van der Waals surface area contributed by atoms with Crippen LogP contribution < -0.4 is 5.73 Å². The standard InChI is InChI=1S/C17H21NO/c1-17(2,12-18)15-10-6-9-14(11-15)16(19)13-7-4-3-5-8-13/h3-11,16,19H,12,18H2,1-2H3. The first kappa shape index (κ1) is 13.8. The van der Waals surface area contributed by atoms with Crippen LogP contribution in [0.2, 0.25) is 0 Å². The lowest BCUT2D eigenvalue weighted by Crippen LogP contribution is -2.28. The summed E-state index contributed by atoms with van der Waals surface area (Å²) in [5.74, 6) is 0. The van der Waals surface area contributed by atoms with E-state index in [-0.39, 0.29) is 5.41 Å². The molecule has 3 N–H and O–H groups in total. The second-order valence-electron chi connectivity index (χ2n) is 5.53. The molecular formula is C17H21NO. The van der Waals surface area contributed by atoms with E-state index in [1.165, 1.54) is 0 Å². The Balaban J connectivity index is 2.34.